The summed E-state index contributed by atoms with van der Waals surface area (Å²) < 4.78 is 16.4. The lowest BCUT2D eigenvalue weighted by Crippen LogP contribution is -2.52. The smallest absolute Gasteiger partial charge is 0.328 e. The Hall–Kier alpha value is -3.06. The molecule has 154 valence electrons. The standard InChI is InChI=1S/C22H26N2O5/c1-23-17-11-15-7-10-19(27-3)20(13-15)29-16-8-5-14(6-9-16)12-18(22(26)28-4)24(2)21(17)25/h5-10,13,17-18,23H,11-12H2,1-4H3/t17-,18-/m1/s1. The number of carbonyl (C=O) groups excluding carboxylic acids is 2. The van der Waals surface area contributed by atoms with Crippen LogP contribution in [0.2, 0.25) is 0 Å². The van der Waals surface area contributed by atoms with Gasteiger partial charge in [0.05, 0.1) is 20.3 Å². The highest BCUT2D eigenvalue weighted by Gasteiger charge is 2.32. The number of hydrogen-bond acceptors (Lipinski definition) is 6. The van der Waals surface area contributed by atoms with Gasteiger partial charge in [-0.15, -0.1) is 0 Å². The number of esters is 1. The molecule has 0 saturated heterocycles. The summed E-state index contributed by atoms with van der Waals surface area (Å²) in [5, 5.41) is 3.06. The Morgan fingerprint density at radius 1 is 1.10 bits per heavy atom. The molecule has 0 radical (unpaired) electrons. The summed E-state index contributed by atoms with van der Waals surface area (Å²) in [7, 11) is 6.28. The molecule has 2 aliphatic rings. The highest BCUT2D eigenvalue weighted by atomic mass is 16.5. The van der Waals surface area contributed by atoms with Crippen molar-refractivity contribution in [1.29, 1.82) is 0 Å². The fourth-order valence-corrected chi connectivity index (χ4v) is 3.43. The van der Waals surface area contributed by atoms with Gasteiger partial charge in [-0.1, -0.05) is 18.2 Å². The Bertz CT molecular complexity index is 881. The molecular weight excluding hydrogens is 372 g/mol. The van der Waals surface area contributed by atoms with E-state index in [1.807, 2.05) is 42.5 Å². The molecule has 2 aromatic carbocycles. The Balaban J connectivity index is 2.07. The topological polar surface area (TPSA) is 77.1 Å². The molecule has 2 atom stereocenters. The SMILES string of the molecule is CN[C@@H]1Cc2ccc(OC)c(c2)Oc2ccc(cc2)C[C@H](C(=O)OC)N(C)C1=O. The van der Waals surface area contributed by atoms with Crippen LogP contribution < -0.4 is 14.8 Å². The van der Waals surface area contributed by atoms with Crippen LogP contribution in [0.5, 0.6) is 17.2 Å². The third kappa shape index (κ3) is 4.51. The van der Waals surface area contributed by atoms with Crippen molar-refractivity contribution >= 4 is 11.9 Å². The van der Waals surface area contributed by atoms with Gasteiger partial charge >= 0.3 is 5.97 Å². The number of nitrogens with one attached hydrogen (secondary N) is 1. The molecule has 7 nitrogen and oxygen atoms in total. The number of hydrogen-bond donors (Lipinski definition) is 1. The van der Waals surface area contributed by atoms with E-state index < -0.39 is 18.1 Å². The fourth-order valence-electron chi connectivity index (χ4n) is 3.43. The normalized spacial score (nSPS) is 19.3. The van der Waals surface area contributed by atoms with Crippen molar-refractivity contribution < 1.29 is 23.8 Å². The molecule has 0 unspecified atom stereocenters. The van der Waals surface area contributed by atoms with Gasteiger partial charge in [0.25, 0.3) is 0 Å². The lowest BCUT2D eigenvalue weighted by Gasteiger charge is -2.30. The van der Waals surface area contributed by atoms with Crippen molar-refractivity contribution in [3.63, 3.8) is 0 Å². The van der Waals surface area contributed by atoms with Crippen molar-refractivity contribution in [2.24, 2.45) is 0 Å². The molecule has 1 amide bonds. The van der Waals surface area contributed by atoms with Gasteiger partial charge in [-0.3, -0.25) is 4.79 Å². The minimum absolute atomic E-state index is 0.185. The second-order valence-corrected chi connectivity index (χ2v) is 6.97. The van der Waals surface area contributed by atoms with Gasteiger partial charge in [-0.25, -0.2) is 4.79 Å². The summed E-state index contributed by atoms with van der Waals surface area (Å²) in [6, 6.07) is 11.8. The van der Waals surface area contributed by atoms with E-state index in [4.69, 9.17) is 14.2 Å². The summed E-state index contributed by atoms with van der Waals surface area (Å²) in [4.78, 5) is 27.0. The van der Waals surface area contributed by atoms with Crippen LogP contribution in [0.25, 0.3) is 0 Å². The molecule has 0 aliphatic carbocycles. The van der Waals surface area contributed by atoms with E-state index in [0.29, 0.717) is 30.1 Å². The third-order valence-corrected chi connectivity index (χ3v) is 5.18. The molecule has 7 heteroatoms. The number of rotatable bonds is 3. The zero-order valence-electron chi connectivity index (χ0n) is 17.1. The first kappa shape index (κ1) is 20.7. The number of fused-ring (bicyclic) bond motifs is 7. The van der Waals surface area contributed by atoms with Gasteiger partial charge in [0.2, 0.25) is 5.91 Å². The first-order valence-corrected chi connectivity index (χ1v) is 9.42. The predicted octanol–water partition coefficient (Wildman–Crippen LogP) is 2.17. The highest BCUT2D eigenvalue weighted by molar-refractivity contribution is 5.87. The van der Waals surface area contributed by atoms with Crippen molar-refractivity contribution in [3.05, 3.63) is 53.6 Å². The van der Waals surface area contributed by atoms with Crippen molar-refractivity contribution in [1.82, 2.24) is 10.2 Å². The van der Waals surface area contributed by atoms with Gasteiger partial charge in [-0.05, 0) is 48.9 Å². The molecule has 2 aliphatic heterocycles. The highest BCUT2D eigenvalue weighted by Crippen LogP contribution is 2.33. The van der Waals surface area contributed by atoms with Crippen molar-refractivity contribution in [2.75, 3.05) is 28.3 Å². The van der Waals surface area contributed by atoms with Gasteiger partial charge in [0.15, 0.2) is 11.5 Å². The van der Waals surface area contributed by atoms with Gasteiger partial charge in [-0.2, -0.15) is 0 Å². The average Bonchev–Trinajstić information content (AvgIpc) is 2.75. The van der Waals surface area contributed by atoms with Gasteiger partial charge < -0.3 is 24.4 Å². The predicted molar refractivity (Wildman–Crippen MR) is 108 cm³/mol. The number of amides is 1. The fraction of sp³-hybridized carbons (Fsp3) is 0.364. The number of methoxy groups -OCH3 is 2. The lowest BCUT2D eigenvalue weighted by atomic mass is 10.0. The number of nitrogens with zero attached hydrogens (tertiary/aromatic N) is 1. The average molecular weight is 398 g/mol. The van der Waals surface area contributed by atoms with Crippen LogP contribution in [0.1, 0.15) is 11.1 Å². The first-order chi connectivity index (χ1) is 14.0. The van der Waals surface area contributed by atoms with Crippen LogP contribution in [-0.2, 0) is 27.2 Å². The van der Waals surface area contributed by atoms with Crippen LogP contribution >= 0.6 is 0 Å². The summed E-state index contributed by atoms with van der Waals surface area (Å²) in [5.74, 6) is 1.22. The number of carbonyl (C=O) groups is 2. The zero-order valence-corrected chi connectivity index (χ0v) is 17.1. The number of ether oxygens (including phenoxy) is 3. The van der Waals surface area contributed by atoms with Crippen LogP contribution in [0.15, 0.2) is 42.5 Å². The largest absolute Gasteiger partial charge is 0.493 e. The molecule has 4 bridgehead atoms. The van der Waals surface area contributed by atoms with Crippen LogP contribution in [0.4, 0.5) is 0 Å². The third-order valence-electron chi connectivity index (χ3n) is 5.18. The number of likely N-dealkylation sites (N-methyl/N-ethyl adjacent to an activating group) is 2. The monoisotopic (exact) mass is 398 g/mol. The Morgan fingerprint density at radius 3 is 2.41 bits per heavy atom. The minimum atomic E-state index is -0.718. The molecule has 29 heavy (non-hydrogen) atoms. The molecule has 2 aromatic rings. The molecular formula is C22H26N2O5. The first-order valence-electron chi connectivity index (χ1n) is 9.42. The maximum atomic E-state index is 13.2. The molecule has 1 N–H and O–H groups in total. The zero-order chi connectivity index (χ0) is 21.0. The van der Waals surface area contributed by atoms with Crippen molar-refractivity contribution in [3.8, 4) is 17.2 Å². The summed E-state index contributed by atoms with van der Waals surface area (Å²) in [5.41, 5.74) is 1.80. The van der Waals surface area contributed by atoms with E-state index in [0.717, 1.165) is 11.1 Å². The maximum Gasteiger partial charge on any atom is 0.328 e. The molecule has 4 rings (SSSR count). The van der Waals surface area contributed by atoms with E-state index in [1.165, 1.54) is 12.0 Å². The van der Waals surface area contributed by atoms with E-state index in [9.17, 15) is 9.59 Å². The summed E-state index contributed by atoms with van der Waals surface area (Å²) >= 11 is 0. The Labute approximate surface area is 170 Å². The van der Waals surface area contributed by atoms with Gasteiger partial charge in [0.1, 0.15) is 11.8 Å². The minimum Gasteiger partial charge on any atom is -0.493 e. The molecule has 0 aromatic heterocycles. The molecule has 0 fully saturated rings. The molecule has 0 saturated carbocycles. The second kappa shape index (κ2) is 8.96. The Morgan fingerprint density at radius 2 is 1.79 bits per heavy atom. The van der Waals surface area contributed by atoms with E-state index in [2.05, 4.69) is 5.32 Å². The van der Waals surface area contributed by atoms with E-state index in [-0.39, 0.29) is 5.91 Å². The van der Waals surface area contributed by atoms with Crippen LogP contribution in [0, 0.1) is 0 Å². The second-order valence-electron chi connectivity index (χ2n) is 6.97. The molecule has 0 spiro atoms. The maximum absolute atomic E-state index is 13.2. The Kier molecular flexibility index (Phi) is 6.39. The quantitative estimate of drug-likeness (QED) is 0.799. The van der Waals surface area contributed by atoms with Crippen molar-refractivity contribution in [2.45, 2.75) is 24.9 Å². The van der Waals surface area contributed by atoms with E-state index in [1.54, 1.807) is 21.2 Å². The van der Waals surface area contributed by atoms with Crippen LogP contribution in [0.3, 0.4) is 0 Å². The van der Waals surface area contributed by atoms with Crippen LogP contribution in [-0.4, -0.2) is 57.2 Å². The lowest BCUT2D eigenvalue weighted by molar-refractivity contribution is -0.152. The van der Waals surface area contributed by atoms with E-state index >= 15 is 0 Å². The van der Waals surface area contributed by atoms with Gasteiger partial charge in [0, 0.05) is 13.5 Å². The summed E-state index contributed by atoms with van der Waals surface area (Å²) in [6.07, 6.45) is 0.783. The molecule has 2 heterocycles. The summed E-state index contributed by atoms with van der Waals surface area (Å²) in [6.45, 7) is 0. The number of benzene rings is 2.